The van der Waals surface area contributed by atoms with Crippen LogP contribution in [0.1, 0.15) is 84.4 Å². The van der Waals surface area contributed by atoms with Gasteiger partial charge in [-0.05, 0) is 142 Å². The van der Waals surface area contributed by atoms with Crippen molar-refractivity contribution in [1.29, 1.82) is 0 Å². The van der Waals surface area contributed by atoms with E-state index >= 15 is 0 Å². The average Bonchev–Trinajstić information content (AvgIpc) is 4.12. The minimum Gasteiger partial charge on any atom is -0.656 e. The summed E-state index contributed by atoms with van der Waals surface area (Å²) in [5, 5.41) is 23.0. The average molecular weight is 899 g/mol. The molecule has 5 heterocycles. The Balaban J connectivity index is 0.00000433. The third-order valence-electron chi connectivity index (χ3n) is 13.9. The Morgan fingerprint density at radius 2 is 1.28 bits per heavy atom. The molecule has 0 saturated heterocycles. The van der Waals surface area contributed by atoms with E-state index in [0.717, 1.165) is 92.5 Å². The van der Waals surface area contributed by atoms with Crippen LogP contribution in [0.2, 0.25) is 0 Å². The standard InChI is InChI=1S/C52H41BrN4O2.Zn/c1-51-27-24-36-35-15-13-34(58)30-33(35)12-14-37(36)39(51)26-29-52(51,59)28-25-38-40-16-18-42(54-40)48(31-8-4-2-5-9-31)44-20-22-46(56-44)50(53)47-23-21-45(57-47)49(32-10-6-3-7-11-32)43-19-17-41(38)55-43;/h2-11,13,15-23,30,36-37,39,59H,12,14,24,26-27,29H2,1H3,(H-2,54,55,56,57,58);/q-2;+2/t36-,37-,39+,51+,52+;/m1./s1. The molecule has 3 aliphatic carbocycles. The molecule has 11 rings (SSSR count). The summed E-state index contributed by atoms with van der Waals surface area (Å²) in [7, 11) is 0. The van der Waals surface area contributed by atoms with Crippen LogP contribution in [0.25, 0.3) is 68.6 Å². The number of phenols is 1. The van der Waals surface area contributed by atoms with Crippen molar-refractivity contribution in [3.05, 3.63) is 147 Å². The number of rotatable bonds is 2. The summed E-state index contributed by atoms with van der Waals surface area (Å²) in [6.07, 6.45) is 13.6. The van der Waals surface area contributed by atoms with Crippen molar-refractivity contribution in [2.75, 3.05) is 0 Å². The van der Waals surface area contributed by atoms with Crippen LogP contribution in [0.15, 0.2) is 108 Å². The molecule has 290 valence electrons. The smallest absolute Gasteiger partial charge is 0.656 e. The normalized spacial score (nSPS) is 23.5. The first-order chi connectivity index (χ1) is 28.8. The first-order valence-electron chi connectivity index (χ1n) is 20.7. The second kappa shape index (κ2) is 15.0. The van der Waals surface area contributed by atoms with Crippen LogP contribution in [0.5, 0.6) is 5.75 Å². The van der Waals surface area contributed by atoms with E-state index < -0.39 is 5.60 Å². The van der Waals surface area contributed by atoms with Crippen molar-refractivity contribution in [2.45, 2.75) is 57.0 Å². The first-order valence-corrected chi connectivity index (χ1v) is 21.4. The zero-order chi connectivity index (χ0) is 39.9. The number of halogens is 1. The van der Waals surface area contributed by atoms with Gasteiger partial charge < -0.3 is 20.2 Å². The van der Waals surface area contributed by atoms with Crippen molar-refractivity contribution >= 4 is 62.3 Å². The Labute approximate surface area is 370 Å². The third-order valence-corrected chi connectivity index (χ3v) is 14.7. The maximum Gasteiger partial charge on any atom is 2.00 e. The van der Waals surface area contributed by atoms with Crippen LogP contribution in [-0.2, 0) is 25.9 Å². The maximum atomic E-state index is 12.8. The quantitative estimate of drug-likeness (QED) is 0.133. The Morgan fingerprint density at radius 3 is 1.98 bits per heavy atom. The molecule has 2 N–H and O–H groups in total. The molecule has 8 bridgehead atoms. The van der Waals surface area contributed by atoms with Crippen LogP contribution >= 0.6 is 15.9 Å². The van der Waals surface area contributed by atoms with E-state index in [1.165, 1.54) is 11.1 Å². The molecule has 6 aromatic rings. The molecule has 0 amide bonds. The second-order valence-corrected chi connectivity index (χ2v) is 17.7. The van der Waals surface area contributed by atoms with Crippen molar-refractivity contribution in [3.63, 3.8) is 0 Å². The second-order valence-electron chi connectivity index (χ2n) is 16.9. The molecule has 3 aromatic carbocycles. The Morgan fingerprint density at radius 1 is 0.683 bits per heavy atom. The molecule has 2 aliphatic heterocycles. The number of aliphatic hydroxyl groups is 1. The van der Waals surface area contributed by atoms with Crippen molar-refractivity contribution in [3.8, 4) is 39.8 Å². The van der Waals surface area contributed by atoms with E-state index in [9.17, 15) is 10.2 Å². The van der Waals surface area contributed by atoms with E-state index in [1.54, 1.807) is 0 Å². The monoisotopic (exact) mass is 896 g/mol. The number of aromatic hydroxyl groups is 1. The molecular formula is C52H41BrN4O2Zn. The summed E-state index contributed by atoms with van der Waals surface area (Å²) >= 11 is 3.85. The predicted octanol–water partition coefficient (Wildman–Crippen LogP) is 11.4. The molecule has 5 aliphatic rings. The number of benzene rings is 3. The fraction of sp³-hybridized carbons (Fsp3) is 0.231. The van der Waals surface area contributed by atoms with Gasteiger partial charge in [-0.15, -0.1) is 22.1 Å². The van der Waals surface area contributed by atoms with Crippen LogP contribution in [0, 0.1) is 29.1 Å². The summed E-state index contributed by atoms with van der Waals surface area (Å²) in [6.45, 7) is 2.28. The Bertz CT molecular complexity index is 2960. The number of aryl methyl sites for hydroxylation is 1. The van der Waals surface area contributed by atoms with E-state index in [4.69, 9.17) is 19.9 Å². The van der Waals surface area contributed by atoms with E-state index in [2.05, 4.69) is 65.0 Å². The third kappa shape index (κ3) is 6.28. The molecule has 2 fully saturated rings. The Kier molecular flexibility index (Phi) is 9.71. The van der Waals surface area contributed by atoms with Gasteiger partial charge >= 0.3 is 19.5 Å². The number of aromatic nitrogens is 4. The number of nitrogens with zero attached hydrogens (tertiary/aromatic N) is 4. The van der Waals surface area contributed by atoms with Gasteiger partial charge in [-0.2, -0.15) is 0 Å². The van der Waals surface area contributed by atoms with Crippen LogP contribution < -0.4 is 9.97 Å². The number of hydrogen-bond donors (Lipinski definition) is 2. The molecule has 6 nitrogen and oxygen atoms in total. The summed E-state index contributed by atoms with van der Waals surface area (Å²) in [6, 6.07) is 34.6. The molecule has 0 unspecified atom stereocenters. The zero-order valence-electron chi connectivity index (χ0n) is 33.4. The largest absolute Gasteiger partial charge is 2.00 e. The fourth-order valence-corrected chi connectivity index (χ4v) is 11.4. The van der Waals surface area contributed by atoms with Gasteiger partial charge in [-0.3, -0.25) is 0 Å². The van der Waals surface area contributed by atoms with E-state index in [1.807, 2.05) is 97.1 Å². The fourth-order valence-electron chi connectivity index (χ4n) is 10.9. The van der Waals surface area contributed by atoms with Crippen LogP contribution in [0.3, 0.4) is 0 Å². The summed E-state index contributed by atoms with van der Waals surface area (Å²) in [4.78, 5) is 20.9. The number of phenolic OH excluding ortho intramolecular Hbond substituents is 1. The van der Waals surface area contributed by atoms with Crippen molar-refractivity contribution in [1.82, 2.24) is 19.9 Å². The van der Waals surface area contributed by atoms with Crippen molar-refractivity contribution < 1.29 is 29.7 Å². The molecule has 8 heteroatoms. The van der Waals surface area contributed by atoms with Gasteiger partial charge in [0, 0.05) is 15.5 Å². The number of fused-ring (bicyclic) bond motifs is 13. The van der Waals surface area contributed by atoms with Gasteiger partial charge in [0.05, 0.1) is 22.8 Å². The summed E-state index contributed by atoms with van der Waals surface area (Å²) in [5.41, 5.74) is 11.8. The molecule has 5 atom stereocenters. The minimum atomic E-state index is -1.18. The van der Waals surface area contributed by atoms with Crippen molar-refractivity contribution in [2.24, 2.45) is 17.3 Å². The molecule has 3 aromatic heterocycles. The maximum absolute atomic E-state index is 12.8. The summed E-state index contributed by atoms with van der Waals surface area (Å²) in [5.74, 6) is 8.72. The van der Waals surface area contributed by atoms with Crippen LogP contribution in [0.4, 0.5) is 0 Å². The van der Waals surface area contributed by atoms with Gasteiger partial charge in [0.1, 0.15) is 11.4 Å². The predicted molar refractivity (Wildman–Crippen MR) is 240 cm³/mol. The van der Waals surface area contributed by atoms with Gasteiger partial charge in [-0.1, -0.05) is 110 Å². The van der Waals surface area contributed by atoms with Gasteiger partial charge in [0.2, 0.25) is 0 Å². The molecule has 60 heavy (non-hydrogen) atoms. The SMILES string of the molecule is C[C@]12CC[C@@H]3c4ccc(O)cc4CC[C@H]3[C@@H]1CC[C@@]2(O)C#Cc1c2nc(c(-c3ccccc3)c3ccc([n-]3)c(Br)c3nc(c(-c4ccccc4)c4ccc1[n-]4)C=C3)C=C2.[Zn+2]. The summed E-state index contributed by atoms with van der Waals surface area (Å²) < 4.78 is 0.808. The topological polar surface area (TPSA) is 94.4 Å². The van der Waals surface area contributed by atoms with E-state index in [0.29, 0.717) is 46.7 Å². The van der Waals surface area contributed by atoms with Crippen LogP contribution in [-0.4, -0.2) is 25.8 Å². The first kappa shape index (κ1) is 38.9. The molecule has 0 radical (unpaired) electrons. The van der Waals surface area contributed by atoms with E-state index in [-0.39, 0.29) is 24.9 Å². The van der Waals surface area contributed by atoms with Gasteiger partial charge in [0.25, 0.3) is 0 Å². The molecular weight excluding hydrogens is 858 g/mol. The van der Waals surface area contributed by atoms with Gasteiger partial charge in [0.15, 0.2) is 0 Å². The molecule has 0 spiro atoms. The Hall–Kier alpha value is -5.32. The zero-order valence-corrected chi connectivity index (χ0v) is 37.9. The van der Waals surface area contributed by atoms with Gasteiger partial charge in [-0.25, -0.2) is 9.97 Å². The number of hydrogen-bond acceptors (Lipinski definition) is 4. The minimum absolute atomic E-state index is 0. The molecule has 2 saturated carbocycles.